The van der Waals surface area contributed by atoms with Crippen molar-refractivity contribution >= 4 is 0 Å². The Bertz CT molecular complexity index is 330. The number of hydrogen-bond donors (Lipinski definition) is 1. The van der Waals surface area contributed by atoms with E-state index in [1.807, 2.05) is 6.08 Å². The van der Waals surface area contributed by atoms with Crippen LogP contribution in [0.2, 0.25) is 0 Å². The van der Waals surface area contributed by atoms with Crippen LogP contribution in [0, 0.1) is 6.92 Å². The Balaban J connectivity index is 2.45. The van der Waals surface area contributed by atoms with Gasteiger partial charge in [0.25, 0.3) is 0 Å². The summed E-state index contributed by atoms with van der Waals surface area (Å²) in [4.78, 5) is 0. The summed E-state index contributed by atoms with van der Waals surface area (Å²) in [5, 5.41) is 3.56. The second-order valence-corrected chi connectivity index (χ2v) is 4.59. The third kappa shape index (κ3) is 5.18. The molecule has 0 radical (unpaired) electrons. The predicted octanol–water partition coefficient (Wildman–Crippen LogP) is 3.87. The summed E-state index contributed by atoms with van der Waals surface area (Å²) in [6.45, 7) is 9.22. The van der Waals surface area contributed by atoms with E-state index in [0.717, 1.165) is 13.0 Å². The highest BCUT2D eigenvalue weighted by atomic mass is 14.9. The highest BCUT2D eigenvalue weighted by Gasteiger charge is 2.07. The fraction of sp³-hybridized carbons (Fsp3) is 0.500. The molecule has 1 nitrogen and oxygen atoms in total. The van der Waals surface area contributed by atoms with Crippen LogP contribution >= 0.6 is 0 Å². The van der Waals surface area contributed by atoms with Gasteiger partial charge >= 0.3 is 0 Å². The third-order valence-corrected chi connectivity index (χ3v) is 3.24. The van der Waals surface area contributed by atoms with E-state index in [1.54, 1.807) is 0 Å². The van der Waals surface area contributed by atoms with Crippen molar-refractivity contribution in [3.05, 3.63) is 48.0 Å². The van der Waals surface area contributed by atoms with Gasteiger partial charge in [0.2, 0.25) is 0 Å². The second kappa shape index (κ2) is 8.08. The van der Waals surface area contributed by atoms with Crippen LogP contribution in [0.4, 0.5) is 0 Å². The maximum absolute atomic E-state index is 3.80. The maximum Gasteiger partial charge on any atom is 0.00730 e. The van der Waals surface area contributed by atoms with Gasteiger partial charge in [0, 0.05) is 6.04 Å². The van der Waals surface area contributed by atoms with Gasteiger partial charge < -0.3 is 5.32 Å². The Morgan fingerprint density at radius 2 is 2.06 bits per heavy atom. The molecule has 0 heterocycles. The van der Waals surface area contributed by atoms with Crippen molar-refractivity contribution in [1.29, 1.82) is 0 Å². The molecule has 0 aliphatic rings. The van der Waals surface area contributed by atoms with Crippen LogP contribution in [0.15, 0.2) is 36.9 Å². The SMILES string of the molecule is C=CCCC(CCc1ccccc1C)NCC. The lowest BCUT2D eigenvalue weighted by atomic mass is 9.99. The Kier molecular flexibility index (Phi) is 6.64. The van der Waals surface area contributed by atoms with E-state index in [-0.39, 0.29) is 0 Å². The normalized spacial score (nSPS) is 12.4. The zero-order valence-corrected chi connectivity index (χ0v) is 11.2. The minimum atomic E-state index is 0.623. The van der Waals surface area contributed by atoms with Gasteiger partial charge in [0.15, 0.2) is 0 Å². The molecule has 0 aromatic heterocycles. The second-order valence-electron chi connectivity index (χ2n) is 4.59. The summed E-state index contributed by atoms with van der Waals surface area (Å²) in [5.41, 5.74) is 2.89. The molecule has 0 saturated carbocycles. The Labute approximate surface area is 106 Å². The Hall–Kier alpha value is -1.08. The van der Waals surface area contributed by atoms with E-state index in [2.05, 4.69) is 50.0 Å². The molecular formula is C16H25N. The number of hydrogen-bond acceptors (Lipinski definition) is 1. The lowest BCUT2D eigenvalue weighted by Crippen LogP contribution is -2.29. The summed E-state index contributed by atoms with van der Waals surface area (Å²) < 4.78 is 0. The number of aryl methyl sites for hydroxylation is 2. The highest BCUT2D eigenvalue weighted by Crippen LogP contribution is 2.12. The molecule has 0 bridgehead atoms. The van der Waals surface area contributed by atoms with Gasteiger partial charge in [0.1, 0.15) is 0 Å². The minimum absolute atomic E-state index is 0.623. The molecule has 0 spiro atoms. The van der Waals surface area contributed by atoms with Gasteiger partial charge in [-0.15, -0.1) is 6.58 Å². The average Bonchev–Trinajstić information content (AvgIpc) is 2.34. The van der Waals surface area contributed by atoms with E-state index in [0.29, 0.717) is 6.04 Å². The maximum atomic E-state index is 3.80. The molecule has 1 unspecified atom stereocenters. The first-order chi connectivity index (χ1) is 8.27. The van der Waals surface area contributed by atoms with Crippen LogP contribution in [-0.4, -0.2) is 12.6 Å². The van der Waals surface area contributed by atoms with Crippen LogP contribution in [0.25, 0.3) is 0 Å². The van der Waals surface area contributed by atoms with Crippen molar-refractivity contribution in [2.45, 2.75) is 45.6 Å². The van der Waals surface area contributed by atoms with Crippen molar-refractivity contribution in [3.8, 4) is 0 Å². The molecule has 17 heavy (non-hydrogen) atoms. The average molecular weight is 231 g/mol. The first kappa shape index (κ1) is 14.0. The first-order valence-electron chi connectivity index (χ1n) is 6.66. The lowest BCUT2D eigenvalue weighted by Gasteiger charge is -2.17. The smallest absolute Gasteiger partial charge is 0.00730 e. The zero-order chi connectivity index (χ0) is 12.5. The molecule has 1 atom stereocenters. The molecule has 0 aliphatic heterocycles. The van der Waals surface area contributed by atoms with Crippen LogP contribution in [0.5, 0.6) is 0 Å². The standard InChI is InChI=1S/C16H25N/c1-4-6-11-16(17-5-2)13-12-15-10-8-7-9-14(15)3/h4,7-10,16-17H,1,5-6,11-13H2,2-3H3. The summed E-state index contributed by atoms with van der Waals surface area (Å²) in [6.07, 6.45) is 6.70. The van der Waals surface area contributed by atoms with Gasteiger partial charge in [-0.25, -0.2) is 0 Å². The van der Waals surface area contributed by atoms with Gasteiger partial charge in [-0.3, -0.25) is 0 Å². The number of nitrogens with one attached hydrogen (secondary N) is 1. The fourth-order valence-electron chi connectivity index (χ4n) is 2.18. The van der Waals surface area contributed by atoms with E-state index >= 15 is 0 Å². The summed E-state index contributed by atoms with van der Waals surface area (Å²) >= 11 is 0. The van der Waals surface area contributed by atoms with E-state index in [1.165, 1.54) is 30.4 Å². The van der Waals surface area contributed by atoms with Crippen molar-refractivity contribution in [2.75, 3.05) is 6.54 Å². The summed E-state index contributed by atoms with van der Waals surface area (Å²) in [5.74, 6) is 0. The van der Waals surface area contributed by atoms with E-state index < -0.39 is 0 Å². The van der Waals surface area contributed by atoms with Crippen LogP contribution < -0.4 is 5.32 Å². The molecule has 1 aromatic carbocycles. The highest BCUT2D eigenvalue weighted by molar-refractivity contribution is 5.25. The number of rotatable bonds is 8. The van der Waals surface area contributed by atoms with Gasteiger partial charge in [-0.2, -0.15) is 0 Å². The molecule has 1 heteroatoms. The quantitative estimate of drug-likeness (QED) is 0.670. The van der Waals surface area contributed by atoms with E-state index in [9.17, 15) is 0 Å². The molecule has 0 amide bonds. The van der Waals surface area contributed by atoms with Crippen molar-refractivity contribution in [3.63, 3.8) is 0 Å². The first-order valence-corrected chi connectivity index (χ1v) is 6.66. The third-order valence-electron chi connectivity index (χ3n) is 3.24. The lowest BCUT2D eigenvalue weighted by molar-refractivity contribution is 0.467. The number of benzene rings is 1. The van der Waals surface area contributed by atoms with Gasteiger partial charge in [-0.05, 0) is 50.3 Å². The van der Waals surface area contributed by atoms with Crippen molar-refractivity contribution < 1.29 is 0 Å². The predicted molar refractivity (Wildman–Crippen MR) is 76.4 cm³/mol. The molecule has 94 valence electrons. The van der Waals surface area contributed by atoms with Crippen molar-refractivity contribution in [1.82, 2.24) is 5.32 Å². The topological polar surface area (TPSA) is 12.0 Å². The molecule has 0 fully saturated rings. The summed E-state index contributed by atoms with van der Waals surface area (Å²) in [7, 11) is 0. The summed E-state index contributed by atoms with van der Waals surface area (Å²) in [6, 6.07) is 9.30. The van der Waals surface area contributed by atoms with Gasteiger partial charge in [-0.1, -0.05) is 37.3 Å². The van der Waals surface area contributed by atoms with Gasteiger partial charge in [0.05, 0.1) is 0 Å². The molecule has 1 N–H and O–H groups in total. The van der Waals surface area contributed by atoms with Crippen LogP contribution in [0.3, 0.4) is 0 Å². The Morgan fingerprint density at radius 3 is 2.71 bits per heavy atom. The molecular weight excluding hydrogens is 206 g/mol. The van der Waals surface area contributed by atoms with Crippen LogP contribution in [-0.2, 0) is 6.42 Å². The molecule has 1 aromatic rings. The zero-order valence-electron chi connectivity index (χ0n) is 11.2. The van der Waals surface area contributed by atoms with Crippen LogP contribution in [0.1, 0.15) is 37.3 Å². The minimum Gasteiger partial charge on any atom is -0.314 e. The molecule has 0 saturated heterocycles. The molecule has 1 rings (SSSR count). The van der Waals surface area contributed by atoms with E-state index in [4.69, 9.17) is 0 Å². The van der Waals surface area contributed by atoms with Crippen molar-refractivity contribution in [2.24, 2.45) is 0 Å². The Morgan fingerprint density at radius 1 is 1.29 bits per heavy atom. The molecule has 0 aliphatic carbocycles. The largest absolute Gasteiger partial charge is 0.314 e. The monoisotopic (exact) mass is 231 g/mol. The fourth-order valence-corrected chi connectivity index (χ4v) is 2.18. The number of allylic oxidation sites excluding steroid dienone is 1.